The minimum atomic E-state index is -0.502. The number of amides is 1. The average molecular weight is 313 g/mol. The van der Waals surface area contributed by atoms with E-state index in [0.29, 0.717) is 10.2 Å². The molecule has 0 saturated heterocycles. The third-order valence-electron chi connectivity index (χ3n) is 2.19. The fourth-order valence-corrected chi connectivity index (χ4v) is 1.85. The number of hydrogen-bond acceptors (Lipinski definition) is 3. The van der Waals surface area contributed by atoms with E-state index < -0.39 is 5.82 Å². The molecule has 0 bridgehead atoms. The van der Waals surface area contributed by atoms with Crippen LogP contribution in [0.1, 0.15) is 0 Å². The van der Waals surface area contributed by atoms with Gasteiger partial charge in [0.05, 0.1) is 17.6 Å². The van der Waals surface area contributed by atoms with Crippen LogP contribution < -0.4 is 11.1 Å². The van der Waals surface area contributed by atoms with Gasteiger partial charge in [-0.05, 0) is 28.1 Å². The van der Waals surface area contributed by atoms with Crippen LogP contribution in [0.3, 0.4) is 0 Å². The Balaban J connectivity index is 2.08. The number of hydrogen-bond donors (Lipinski definition) is 2. The van der Waals surface area contributed by atoms with Crippen molar-refractivity contribution in [1.82, 2.24) is 9.78 Å². The predicted molar refractivity (Wildman–Crippen MR) is 69.4 cm³/mol. The highest BCUT2D eigenvalue weighted by Gasteiger charge is 2.11. The number of nitrogens with two attached hydrogens (primary N) is 1. The summed E-state index contributed by atoms with van der Waals surface area (Å²) >= 11 is 3.17. The van der Waals surface area contributed by atoms with E-state index in [1.165, 1.54) is 23.1 Å². The highest BCUT2D eigenvalue weighted by atomic mass is 79.9. The van der Waals surface area contributed by atoms with E-state index in [0.717, 1.165) is 0 Å². The summed E-state index contributed by atoms with van der Waals surface area (Å²) in [5.74, 6) is -0.887. The summed E-state index contributed by atoms with van der Waals surface area (Å²) in [5.41, 5.74) is 6.05. The molecule has 1 aromatic heterocycles. The first-order valence-corrected chi connectivity index (χ1v) is 5.87. The Bertz CT molecular complexity index is 564. The van der Waals surface area contributed by atoms with E-state index in [4.69, 9.17) is 5.73 Å². The summed E-state index contributed by atoms with van der Waals surface area (Å²) in [7, 11) is 0. The van der Waals surface area contributed by atoms with Crippen molar-refractivity contribution in [2.75, 3.05) is 11.1 Å². The first-order valence-electron chi connectivity index (χ1n) is 5.08. The minimum Gasteiger partial charge on any atom is -0.396 e. The molecule has 2 aromatic rings. The molecule has 0 fully saturated rings. The standard InChI is InChI=1S/C11H10BrFN4O/c12-8-2-1-3-9(13)11(8)16-10(18)6-17-5-7(14)4-15-17/h1-5H,6,14H2,(H,16,18). The number of carbonyl (C=O) groups excluding carboxylic acids is 1. The van der Waals surface area contributed by atoms with Crippen LogP contribution in [0.2, 0.25) is 0 Å². The number of aromatic nitrogens is 2. The van der Waals surface area contributed by atoms with Gasteiger partial charge in [-0.2, -0.15) is 5.10 Å². The number of nitrogens with one attached hydrogen (secondary N) is 1. The lowest BCUT2D eigenvalue weighted by molar-refractivity contribution is -0.116. The maximum Gasteiger partial charge on any atom is 0.246 e. The smallest absolute Gasteiger partial charge is 0.246 e. The highest BCUT2D eigenvalue weighted by Crippen LogP contribution is 2.24. The van der Waals surface area contributed by atoms with Gasteiger partial charge in [-0.25, -0.2) is 4.39 Å². The summed E-state index contributed by atoms with van der Waals surface area (Å²) in [6, 6.07) is 4.46. The number of nitrogens with zero attached hydrogens (tertiary/aromatic N) is 2. The molecule has 0 aliphatic heterocycles. The van der Waals surface area contributed by atoms with Crippen molar-refractivity contribution in [3.05, 3.63) is 40.9 Å². The van der Waals surface area contributed by atoms with Crippen LogP contribution in [-0.2, 0) is 11.3 Å². The Labute approximate surface area is 111 Å². The monoisotopic (exact) mass is 312 g/mol. The third-order valence-corrected chi connectivity index (χ3v) is 2.85. The normalized spacial score (nSPS) is 10.3. The van der Waals surface area contributed by atoms with Crippen molar-refractivity contribution in [1.29, 1.82) is 0 Å². The highest BCUT2D eigenvalue weighted by molar-refractivity contribution is 9.10. The van der Waals surface area contributed by atoms with Crippen molar-refractivity contribution in [2.45, 2.75) is 6.54 Å². The Hall–Kier alpha value is -1.89. The molecule has 7 heteroatoms. The molecule has 0 saturated carbocycles. The summed E-state index contributed by atoms with van der Waals surface area (Å²) in [4.78, 5) is 11.7. The Morgan fingerprint density at radius 2 is 2.33 bits per heavy atom. The van der Waals surface area contributed by atoms with Gasteiger partial charge in [0.25, 0.3) is 0 Å². The van der Waals surface area contributed by atoms with E-state index in [9.17, 15) is 9.18 Å². The second-order valence-corrected chi connectivity index (χ2v) is 4.47. The van der Waals surface area contributed by atoms with Crippen molar-refractivity contribution in [2.24, 2.45) is 0 Å². The molecule has 1 amide bonds. The zero-order chi connectivity index (χ0) is 13.1. The topological polar surface area (TPSA) is 72.9 Å². The molecule has 94 valence electrons. The van der Waals surface area contributed by atoms with Crippen LogP contribution in [0.5, 0.6) is 0 Å². The lowest BCUT2D eigenvalue weighted by atomic mass is 10.3. The fraction of sp³-hybridized carbons (Fsp3) is 0.0909. The van der Waals surface area contributed by atoms with Crippen molar-refractivity contribution in [3.63, 3.8) is 0 Å². The second-order valence-electron chi connectivity index (χ2n) is 3.62. The van der Waals surface area contributed by atoms with E-state index >= 15 is 0 Å². The Morgan fingerprint density at radius 3 is 2.94 bits per heavy atom. The van der Waals surface area contributed by atoms with Gasteiger partial charge in [0, 0.05) is 10.7 Å². The van der Waals surface area contributed by atoms with Crippen LogP contribution in [0.4, 0.5) is 15.8 Å². The molecule has 3 N–H and O–H groups in total. The van der Waals surface area contributed by atoms with Crippen LogP contribution in [-0.4, -0.2) is 15.7 Å². The molecule has 1 aromatic carbocycles. The predicted octanol–water partition coefficient (Wildman–Crippen LogP) is 2.01. The zero-order valence-corrected chi connectivity index (χ0v) is 10.8. The first-order chi connectivity index (χ1) is 8.56. The lowest BCUT2D eigenvalue weighted by Gasteiger charge is -2.08. The number of rotatable bonds is 3. The van der Waals surface area contributed by atoms with Gasteiger partial charge < -0.3 is 11.1 Å². The fourth-order valence-electron chi connectivity index (χ4n) is 1.41. The van der Waals surface area contributed by atoms with E-state index in [2.05, 4.69) is 26.3 Å². The average Bonchev–Trinajstić information content (AvgIpc) is 2.69. The summed E-state index contributed by atoms with van der Waals surface area (Å²) in [6.07, 6.45) is 2.96. The van der Waals surface area contributed by atoms with Crippen LogP contribution in [0, 0.1) is 5.82 Å². The summed E-state index contributed by atoms with van der Waals surface area (Å²) < 4.78 is 15.3. The molecule has 0 aliphatic carbocycles. The molecular formula is C11H10BrFN4O. The molecule has 5 nitrogen and oxygen atoms in total. The van der Waals surface area contributed by atoms with Crippen LogP contribution in [0.15, 0.2) is 35.1 Å². The van der Waals surface area contributed by atoms with Crippen LogP contribution in [0.25, 0.3) is 0 Å². The summed E-state index contributed by atoms with van der Waals surface area (Å²) in [6.45, 7) is -0.0298. The van der Waals surface area contributed by atoms with Gasteiger partial charge in [0.2, 0.25) is 5.91 Å². The molecular weight excluding hydrogens is 303 g/mol. The number of carbonyl (C=O) groups is 1. The number of halogens is 2. The van der Waals surface area contributed by atoms with Gasteiger partial charge in [-0.15, -0.1) is 0 Å². The maximum absolute atomic E-state index is 13.5. The van der Waals surface area contributed by atoms with Gasteiger partial charge in [0.1, 0.15) is 12.4 Å². The van der Waals surface area contributed by atoms with Crippen molar-refractivity contribution >= 4 is 33.2 Å². The Kier molecular flexibility index (Phi) is 3.61. The molecule has 0 unspecified atom stereocenters. The maximum atomic E-state index is 13.5. The summed E-state index contributed by atoms with van der Waals surface area (Å²) in [5, 5.41) is 6.34. The second kappa shape index (κ2) is 5.18. The molecule has 0 atom stereocenters. The largest absolute Gasteiger partial charge is 0.396 e. The lowest BCUT2D eigenvalue weighted by Crippen LogP contribution is -2.20. The van der Waals surface area contributed by atoms with E-state index in [1.54, 1.807) is 12.1 Å². The molecule has 18 heavy (non-hydrogen) atoms. The number of nitrogen functional groups attached to an aromatic ring is 1. The minimum absolute atomic E-state index is 0.0298. The quantitative estimate of drug-likeness (QED) is 0.910. The van der Waals surface area contributed by atoms with Crippen LogP contribution >= 0.6 is 15.9 Å². The number of para-hydroxylation sites is 1. The van der Waals surface area contributed by atoms with Gasteiger partial charge in [-0.1, -0.05) is 6.07 Å². The zero-order valence-electron chi connectivity index (χ0n) is 9.23. The first kappa shape index (κ1) is 12.6. The SMILES string of the molecule is Nc1cnn(CC(=O)Nc2c(F)cccc2Br)c1. The molecule has 2 rings (SSSR count). The molecule has 0 radical (unpaired) electrons. The number of benzene rings is 1. The third kappa shape index (κ3) is 2.86. The van der Waals surface area contributed by atoms with Gasteiger partial charge in [0.15, 0.2) is 0 Å². The molecule has 0 aliphatic rings. The van der Waals surface area contributed by atoms with Gasteiger partial charge >= 0.3 is 0 Å². The van der Waals surface area contributed by atoms with Crippen molar-refractivity contribution < 1.29 is 9.18 Å². The van der Waals surface area contributed by atoms with E-state index in [1.807, 2.05) is 0 Å². The Morgan fingerprint density at radius 1 is 1.56 bits per heavy atom. The van der Waals surface area contributed by atoms with E-state index in [-0.39, 0.29) is 18.1 Å². The van der Waals surface area contributed by atoms with Gasteiger partial charge in [-0.3, -0.25) is 9.48 Å². The van der Waals surface area contributed by atoms with Crippen molar-refractivity contribution in [3.8, 4) is 0 Å². The molecule has 1 heterocycles. The molecule has 0 spiro atoms. The number of anilines is 2.